The van der Waals surface area contributed by atoms with E-state index in [0.29, 0.717) is 0 Å². The van der Waals surface area contributed by atoms with Crippen LogP contribution in [0.15, 0.2) is 11.1 Å². The monoisotopic (exact) mass is 341 g/mol. The lowest BCUT2D eigenvalue weighted by atomic mass is 10.0. The zero-order chi connectivity index (χ0) is 17.9. The molecule has 1 fully saturated rings. The highest BCUT2D eigenvalue weighted by Crippen LogP contribution is 2.27. The van der Waals surface area contributed by atoms with Crippen molar-refractivity contribution in [1.82, 2.24) is 14.5 Å². The first-order valence-electron chi connectivity index (χ1n) is 7.79. The quantitative estimate of drug-likeness (QED) is 0.540. The molecule has 5 N–H and O–H groups in total. The molecule has 1 aliphatic heterocycles. The summed E-state index contributed by atoms with van der Waals surface area (Å²) in [5.74, 6) is -0.693. The summed E-state index contributed by atoms with van der Waals surface area (Å²) in [6.07, 6.45) is -0.303. The summed E-state index contributed by atoms with van der Waals surface area (Å²) in [4.78, 5) is 30.9. The van der Waals surface area contributed by atoms with Gasteiger partial charge in [0.25, 0.3) is 0 Å². The van der Waals surface area contributed by atoms with Gasteiger partial charge in [0.15, 0.2) is 0 Å². The average molecular weight is 341 g/mol. The second-order valence-electron chi connectivity index (χ2n) is 5.88. The molecule has 1 unspecified atom stereocenters. The molecule has 10 nitrogen and oxygen atoms in total. The van der Waals surface area contributed by atoms with E-state index in [0.717, 1.165) is 11.0 Å². The zero-order valence-electron chi connectivity index (χ0n) is 13.7. The van der Waals surface area contributed by atoms with Crippen LogP contribution in [0.5, 0.6) is 0 Å². The molecular weight excluding hydrogens is 318 g/mol. The van der Waals surface area contributed by atoms with Crippen molar-refractivity contribution in [2.45, 2.75) is 51.2 Å². The lowest BCUT2D eigenvalue weighted by Gasteiger charge is -2.19. The van der Waals surface area contributed by atoms with Crippen LogP contribution < -0.4 is 17.2 Å². The van der Waals surface area contributed by atoms with Gasteiger partial charge in [0.2, 0.25) is 5.95 Å². The van der Waals surface area contributed by atoms with Crippen LogP contribution in [0.2, 0.25) is 0 Å². The summed E-state index contributed by atoms with van der Waals surface area (Å²) in [5.41, 5.74) is 10.5. The largest absolute Gasteiger partial charge is 0.462 e. The van der Waals surface area contributed by atoms with Crippen molar-refractivity contribution < 1.29 is 19.4 Å². The zero-order valence-corrected chi connectivity index (χ0v) is 13.7. The number of ether oxygens (including phenoxy) is 2. The Morgan fingerprint density at radius 2 is 2.33 bits per heavy atom. The van der Waals surface area contributed by atoms with Gasteiger partial charge in [0.1, 0.15) is 31.3 Å². The Labute approximate surface area is 138 Å². The van der Waals surface area contributed by atoms with Gasteiger partial charge < -0.3 is 26.0 Å². The molecule has 0 bridgehead atoms. The molecule has 1 aliphatic rings. The number of nitrogen functional groups attached to an aromatic ring is 1. The van der Waals surface area contributed by atoms with E-state index in [1.54, 1.807) is 0 Å². The minimum Gasteiger partial charge on any atom is -0.462 e. The highest BCUT2D eigenvalue weighted by Gasteiger charge is 2.37. The van der Waals surface area contributed by atoms with E-state index >= 15 is 0 Å². The highest BCUT2D eigenvalue weighted by atomic mass is 16.6. The van der Waals surface area contributed by atoms with Crippen LogP contribution in [0, 0.1) is 5.92 Å². The maximum Gasteiger partial charge on any atom is 0.354 e. The molecule has 2 rings (SSSR count). The van der Waals surface area contributed by atoms with Crippen LogP contribution in [0.4, 0.5) is 5.95 Å². The number of carbonyl (C=O) groups is 1. The SMILES string of the molecule is CCC(C)[C@H](N)C(=O)OC[C@H]1O[C@@H](n2cnc(N)nc2=O)C[C@@H]1O. The van der Waals surface area contributed by atoms with Crippen LogP contribution in [0.1, 0.15) is 32.9 Å². The Balaban J connectivity index is 1.94. The first-order valence-corrected chi connectivity index (χ1v) is 7.79. The molecule has 134 valence electrons. The molecule has 1 saturated heterocycles. The first-order chi connectivity index (χ1) is 11.3. The third-order valence-electron chi connectivity index (χ3n) is 4.18. The van der Waals surface area contributed by atoms with Gasteiger partial charge in [-0.05, 0) is 5.92 Å². The fourth-order valence-corrected chi connectivity index (χ4v) is 2.34. The number of aliphatic hydroxyl groups excluding tert-OH is 1. The van der Waals surface area contributed by atoms with E-state index in [-0.39, 0.29) is 24.9 Å². The third kappa shape index (κ3) is 4.08. The second kappa shape index (κ2) is 7.69. The molecule has 24 heavy (non-hydrogen) atoms. The number of carbonyl (C=O) groups excluding carboxylic acids is 1. The third-order valence-corrected chi connectivity index (χ3v) is 4.18. The molecule has 0 saturated carbocycles. The lowest BCUT2D eigenvalue weighted by molar-refractivity contribution is -0.153. The van der Waals surface area contributed by atoms with Crippen molar-refractivity contribution >= 4 is 11.9 Å². The number of hydrogen-bond donors (Lipinski definition) is 3. The van der Waals surface area contributed by atoms with Crippen molar-refractivity contribution in [3.8, 4) is 0 Å². The van der Waals surface area contributed by atoms with E-state index in [4.69, 9.17) is 20.9 Å². The molecule has 0 aliphatic carbocycles. The van der Waals surface area contributed by atoms with Crippen LogP contribution >= 0.6 is 0 Å². The van der Waals surface area contributed by atoms with Crippen molar-refractivity contribution in [3.63, 3.8) is 0 Å². The Bertz CT molecular complexity index is 636. The normalized spacial score (nSPS) is 26.1. The van der Waals surface area contributed by atoms with Gasteiger partial charge in [-0.3, -0.25) is 9.36 Å². The van der Waals surface area contributed by atoms with Crippen molar-refractivity contribution in [1.29, 1.82) is 0 Å². The van der Waals surface area contributed by atoms with Gasteiger partial charge in [0, 0.05) is 6.42 Å². The fourth-order valence-electron chi connectivity index (χ4n) is 2.34. The highest BCUT2D eigenvalue weighted by molar-refractivity contribution is 5.75. The molecule has 2 heterocycles. The van der Waals surface area contributed by atoms with Crippen molar-refractivity contribution in [2.75, 3.05) is 12.3 Å². The van der Waals surface area contributed by atoms with E-state index in [1.165, 1.54) is 6.33 Å². The van der Waals surface area contributed by atoms with Crippen LogP contribution in [-0.4, -0.2) is 50.5 Å². The maximum absolute atomic E-state index is 11.9. The average Bonchev–Trinajstić information content (AvgIpc) is 2.91. The Hall–Kier alpha value is -2.04. The van der Waals surface area contributed by atoms with E-state index in [9.17, 15) is 14.7 Å². The summed E-state index contributed by atoms with van der Waals surface area (Å²) in [6.45, 7) is 3.64. The summed E-state index contributed by atoms with van der Waals surface area (Å²) in [7, 11) is 0. The Morgan fingerprint density at radius 3 is 2.96 bits per heavy atom. The standard InChI is InChI=1S/C14H23N5O5/c1-3-7(2)11(15)12(21)23-5-9-8(20)4-10(24-9)19-6-17-13(16)18-14(19)22/h6-11,20H,3-5,15H2,1-2H3,(H2,16,18,22)/t7?,8-,9+,10+,11-/m0/s1. The van der Waals surface area contributed by atoms with Gasteiger partial charge in [-0.2, -0.15) is 4.98 Å². The Morgan fingerprint density at radius 1 is 1.62 bits per heavy atom. The summed E-state index contributed by atoms with van der Waals surface area (Å²) >= 11 is 0. The molecular formula is C14H23N5O5. The summed E-state index contributed by atoms with van der Waals surface area (Å²) in [6, 6.07) is -0.725. The van der Waals surface area contributed by atoms with E-state index in [2.05, 4.69) is 9.97 Å². The number of anilines is 1. The minimum absolute atomic E-state index is 0.00910. The predicted octanol–water partition coefficient (Wildman–Crippen LogP) is -1.21. The predicted molar refractivity (Wildman–Crippen MR) is 83.6 cm³/mol. The number of nitrogens with zero attached hydrogens (tertiary/aromatic N) is 3. The van der Waals surface area contributed by atoms with Gasteiger partial charge in [-0.25, -0.2) is 9.78 Å². The van der Waals surface area contributed by atoms with Crippen LogP contribution in [0.25, 0.3) is 0 Å². The van der Waals surface area contributed by atoms with Crippen LogP contribution in [-0.2, 0) is 14.3 Å². The van der Waals surface area contributed by atoms with Gasteiger partial charge in [-0.15, -0.1) is 0 Å². The molecule has 0 aromatic carbocycles. The van der Waals surface area contributed by atoms with Gasteiger partial charge in [0.05, 0.1) is 6.10 Å². The van der Waals surface area contributed by atoms with Gasteiger partial charge >= 0.3 is 11.7 Å². The van der Waals surface area contributed by atoms with E-state index < -0.39 is 36.1 Å². The number of hydrogen-bond acceptors (Lipinski definition) is 9. The molecule has 0 spiro atoms. The number of rotatable bonds is 6. The smallest absolute Gasteiger partial charge is 0.354 e. The van der Waals surface area contributed by atoms with Crippen LogP contribution in [0.3, 0.4) is 0 Å². The van der Waals surface area contributed by atoms with E-state index in [1.807, 2.05) is 13.8 Å². The molecule has 10 heteroatoms. The molecule has 1 aromatic rings. The maximum atomic E-state index is 11.9. The molecule has 5 atom stereocenters. The number of esters is 1. The van der Waals surface area contributed by atoms with Gasteiger partial charge in [-0.1, -0.05) is 20.3 Å². The topological polar surface area (TPSA) is 156 Å². The first kappa shape index (κ1) is 18.3. The second-order valence-corrected chi connectivity index (χ2v) is 5.88. The molecule has 0 amide bonds. The summed E-state index contributed by atoms with van der Waals surface area (Å²) < 4.78 is 11.8. The minimum atomic E-state index is -0.896. The lowest BCUT2D eigenvalue weighted by Crippen LogP contribution is -2.40. The number of aliphatic hydroxyl groups is 1. The number of aromatic nitrogens is 3. The summed E-state index contributed by atoms with van der Waals surface area (Å²) in [5, 5.41) is 10.0. The molecule has 0 radical (unpaired) electrons. The molecule has 1 aromatic heterocycles. The number of nitrogens with two attached hydrogens (primary N) is 2. The Kier molecular flexibility index (Phi) is 5.86. The fraction of sp³-hybridized carbons (Fsp3) is 0.714. The van der Waals surface area contributed by atoms with Crippen molar-refractivity contribution in [2.24, 2.45) is 11.7 Å². The van der Waals surface area contributed by atoms with Crippen molar-refractivity contribution in [3.05, 3.63) is 16.8 Å².